The zero-order chi connectivity index (χ0) is 14.4. The summed E-state index contributed by atoms with van der Waals surface area (Å²) in [6.07, 6.45) is 4.46. The standard InChI is InChI=1S/C17H21FN2O/c18-14-2-1-3-15(8-14)20-12-17(9-16(20)21)6-7-19(11-17)10-13-4-5-13/h1-3,8,13H,4-7,9-12H2/t17-/m1/s1. The van der Waals surface area contributed by atoms with Gasteiger partial charge in [-0.15, -0.1) is 0 Å². The molecule has 2 aliphatic heterocycles. The number of benzene rings is 1. The lowest BCUT2D eigenvalue weighted by Crippen LogP contribution is -2.32. The van der Waals surface area contributed by atoms with Gasteiger partial charge >= 0.3 is 0 Å². The topological polar surface area (TPSA) is 23.6 Å². The summed E-state index contributed by atoms with van der Waals surface area (Å²) in [5.74, 6) is 0.772. The van der Waals surface area contributed by atoms with Gasteiger partial charge in [-0.1, -0.05) is 6.07 Å². The molecule has 0 aromatic heterocycles. The second-order valence-corrected chi connectivity index (χ2v) is 7.07. The SMILES string of the molecule is O=C1C[C@@]2(CCN(CC3CC3)C2)CN1c1cccc(F)c1. The number of hydrogen-bond acceptors (Lipinski definition) is 2. The highest BCUT2D eigenvalue weighted by atomic mass is 19.1. The minimum Gasteiger partial charge on any atom is -0.312 e. The van der Waals surface area contributed by atoms with E-state index in [-0.39, 0.29) is 17.1 Å². The van der Waals surface area contributed by atoms with Crippen molar-refractivity contribution in [3.8, 4) is 0 Å². The van der Waals surface area contributed by atoms with Crippen molar-refractivity contribution in [1.82, 2.24) is 4.90 Å². The molecule has 4 heteroatoms. The number of anilines is 1. The van der Waals surface area contributed by atoms with Crippen LogP contribution in [0.4, 0.5) is 10.1 Å². The van der Waals surface area contributed by atoms with Crippen molar-refractivity contribution in [2.45, 2.75) is 25.7 Å². The summed E-state index contributed by atoms with van der Waals surface area (Å²) < 4.78 is 13.4. The Kier molecular flexibility index (Phi) is 3.03. The first kappa shape index (κ1) is 13.3. The van der Waals surface area contributed by atoms with Gasteiger partial charge in [0.15, 0.2) is 0 Å². The third-order valence-electron chi connectivity index (χ3n) is 5.17. The molecule has 4 rings (SSSR count). The van der Waals surface area contributed by atoms with Crippen molar-refractivity contribution in [1.29, 1.82) is 0 Å². The molecule has 1 aromatic rings. The lowest BCUT2D eigenvalue weighted by atomic mass is 9.86. The van der Waals surface area contributed by atoms with Gasteiger partial charge in [-0.2, -0.15) is 0 Å². The number of likely N-dealkylation sites (tertiary alicyclic amines) is 1. The van der Waals surface area contributed by atoms with Gasteiger partial charge in [0.25, 0.3) is 0 Å². The molecule has 1 saturated carbocycles. The number of hydrogen-bond donors (Lipinski definition) is 0. The van der Waals surface area contributed by atoms with Gasteiger partial charge in [0.2, 0.25) is 5.91 Å². The molecular weight excluding hydrogens is 267 g/mol. The Morgan fingerprint density at radius 2 is 2.14 bits per heavy atom. The zero-order valence-corrected chi connectivity index (χ0v) is 12.2. The van der Waals surface area contributed by atoms with E-state index in [0.29, 0.717) is 12.1 Å². The summed E-state index contributed by atoms with van der Waals surface area (Å²) >= 11 is 0. The van der Waals surface area contributed by atoms with Crippen molar-refractivity contribution in [2.75, 3.05) is 31.1 Å². The van der Waals surface area contributed by atoms with E-state index < -0.39 is 0 Å². The van der Waals surface area contributed by atoms with Crippen LogP contribution in [0.5, 0.6) is 0 Å². The average Bonchev–Trinajstić information content (AvgIpc) is 3.09. The monoisotopic (exact) mass is 288 g/mol. The maximum absolute atomic E-state index is 13.4. The fraction of sp³-hybridized carbons (Fsp3) is 0.588. The van der Waals surface area contributed by atoms with Crippen molar-refractivity contribution in [2.24, 2.45) is 11.3 Å². The first-order valence-corrected chi connectivity index (χ1v) is 7.92. The van der Waals surface area contributed by atoms with E-state index in [4.69, 9.17) is 0 Å². The molecule has 2 heterocycles. The molecule has 0 N–H and O–H groups in total. The molecule has 3 nitrogen and oxygen atoms in total. The summed E-state index contributed by atoms with van der Waals surface area (Å²) in [4.78, 5) is 16.7. The molecule has 0 bridgehead atoms. The number of carbonyl (C=O) groups is 1. The Bertz CT molecular complexity index is 572. The quantitative estimate of drug-likeness (QED) is 0.853. The van der Waals surface area contributed by atoms with Gasteiger partial charge in [0.05, 0.1) is 0 Å². The molecule has 2 saturated heterocycles. The van der Waals surface area contributed by atoms with E-state index >= 15 is 0 Å². The minimum absolute atomic E-state index is 0.0955. The van der Waals surface area contributed by atoms with E-state index in [9.17, 15) is 9.18 Å². The smallest absolute Gasteiger partial charge is 0.227 e. The molecule has 21 heavy (non-hydrogen) atoms. The van der Waals surface area contributed by atoms with Crippen molar-refractivity contribution >= 4 is 11.6 Å². The van der Waals surface area contributed by atoms with Crippen LogP contribution < -0.4 is 4.90 Å². The highest BCUT2D eigenvalue weighted by molar-refractivity contribution is 5.96. The van der Waals surface area contributed by atoms with Crippen LogP contribution in [0.1, 0.15) is 25.7 Å². The van der Waals surface area contributed by atoms with E-state index in [2.05, 4.69) is 4.90 Å². The van der Waals surface area contributed by atoms with Crippen LogP contribution in [0.25, 0.3) is 0 Å². The minimum atomic E-state index is -0.275. The maximum atomic E-state index is 13.4. The lowest BCUT2D eigenvalue weighted by Gasteiger charge is -2.24. The molecule has 3 fully saturated rings. The lowest BCUT2D eigenvalue weighted by molar-refractivity contribution is -0.117. The third-order valence-corrected chi connectivity index (χ3v) is 5.17. The number of rotatable bonds is 3. The van der Waals surface area contributed by atoms with Crippen LogP contribution in [0.3, 0.4) is 0 Å². The van der Waals surface area contributed by atoms with Gasteiger partial charge < -0.3 is 9.80 Å². The predicted molar refractivity (Wildman–Crippen MR) is 79.6 cm³/mol. The van der Waals surface area contributed by atoms with E-state index in [0.717, 1.165) is 32.0 Å². The summed E-state index contributed by atoms with van der Waals surface area (Å²) in [5, 5.41) is 0. The van der Waals surface area contributed by atoms with Crippen LogP contribution in [0.15, 0.2) is 24.3 Å². The van der Waals surface area contributed by atoms with Gasteiger partial charge in [0.1, 0.15) is 5.82 Å². The second-order valence-electron chi connectivity index (χ2n) is 7.07. The number of nitrogens with zero attached hydrogens (tertiary/aromatic N) is 2. The summed E-state index contributed by atoms with van der Waals surface area (Å²) in [5.41, 5.74) is 0.802. The highest BCUT2D eigenvalue weighted by Crippen LogP contribution is 2.43. The van der Waals surface area contributed by atoms with Crippen LogP contribution >= 0.6 is 0 Å². The van der Waals surface area contributed by atoms with E-state index in [1.165, 1.54) is 31.5 Å². The summed E-state index contributed by atoms with van der Waals surface area (Å²) in [6.45, 7) is 4.09. The van der Waals surface area contributed by atoms with Gasteiger partial charge in [0, 0.05) is 37.2 Å². The Hall–Kier alpha value is -1.42. The maximum Gasteiger partial charge on any atom is 0.227 e. The van der Waals surface area contributed by atoms with Crippen LogP contribution in [0.2, 0.25) is 0 Å². The molecule has 1 aromatic carbocycles. The molecule has 0 radical (unpaired) electrons. The molecule has 1 aliphatic carbocycles. The summed E-state index contributed by atoms with van der Waals surface area (Å²) in [6, 6.07) is 6.40. The van der Waals surface area contributed by atoms with Crippen LogP contribution in [-0.2, 0) is 4.79 Å². The fourth-order valence-electron chi connectivity index (χ4n) is 3.90. The second kappa shape index (κ2) is 4.80. The Morgan fingerprint density at radius 1 is 1.29 bits per heavy atom. The number of amides is 1. The zero-order valence-electron chi connectivity index (χ0n) is 12.2. The van der Waals surface area contributed by atoms with Gasteiger partial charge in [-0.3, -0.25) is 4.79 Å². The van der Waals surface area contributed by atoms with Gasteiger partial charge in [-0.05, 0) is 49.9 Å². The molecule has 0 unspecified atom stereocenters. The van der Waals surface area contributed by atoms with E-state index in [1.807, 2.05) is 6.07 Å². The highest BCUT2D eigenvalue weighted by Gasteiger charge is 2.48. The Labute approximate surface area is 124 Å². The molecule has 112 valence electrons. The Morgan fingerprint density at radius 3 is 2.90 bits per heavy atom. The molecule has 3 aliphatic rings. The largest absolute Gasteiger partial charge is 0.312 e. The molecule has 1 amide bonds. The number of halogens is 1. The van der Waals surface area contributed by atoms with Crippen molar-refractivity contribution < 1.29 is 9.18 Å². The van der Waals surface area contributed by atoms with Gasteiger partial charge in [-0.25, -0.2) is 4.39 Å². The first-order chi connectivity index (χ1) is 10.1. The summed E-state index contributed by atoms with van der Waals surface area (Å²) in [7, 11) is 0. The molecule has 1 spiro atoms. The van der Waals surface area contributed by atoms with Crippen molar-refractivity contribution in [3.05, 3.63) is 30.1 Å². The van der Waals surface area contributed by atoms with Crippen LogP contribution in [0, 0.1) is 17.2 Å². The first-order valence-electron chi connectivity index (χ1n) is 7.92. The fourth-order valence-corrected chi connectivity index (χ4v) is 3.90. The Balaban J connectivity index is 1.48. The molecule has 1 atom stereocenters. The third kappa shape index (κ3) is 2.57. The number of carbonyl (C=O) groups excluding carboxylic acids is 1. The average molecular weight is 288 g/mol. The predicted octanol–water partition coefficient (Wildman–Crippen LogP) is 2.66. The normalized spacial score (nSPS) is 29.8. The van der Waals surface area contributed by atoms with Crippen LogP contribution in [-0.4, -0.2) is 37.0 Å². The van der Waals surface area contributed by atoms with E-state index in [1.54, 1.807) is 11.0 Å². The molecular formula is C17H21FN2O. The van der Waals surface area contributed by atoms with Crippen molar-refractivity contribution in [3.63, 3.8) is 0 Å².